The number of halogens is 1. The molecule has 0 spiro atoms. The van der Waals surface area contributed by atoms with Gasteiger partial charge in [0.15, 0.2) is 0 Å². The van der Waals surface area contributed by atoms with Crippen molar-refractivity contribution in [3.63, 3.8) is 0 Å². The standard InChI is InChI=1S/C12H14ClN5O/c1-7(8-3-5-9(13)6-4-8)18(2)11(19)10-15-12(14)17-16-10/h3-7H,1-2H3,(H3,14,15,16,17). The number of anilines is 1. The van der Waals surface area contributed by atoms with Gasteiger partial charge in [0.25, 0.3) is 5.91 Å². The summed E-state index contributed by atoms with van der Waals surface area (Å²) in [6, 6.07) is 7.23. The van der Waals surface area contributed by atoms with Crippen LogP contribution in [-0.2, 0) is 0 Å². The number of hydrogen-bond donors (Lipinski definition) is 2. The van der Waals surface area contributed by atoms with Crippen LogP contribution in [0.1, 0.15) is 29.1 Å². The minimum absolute atomic E-state index is 0.0518. The molecule has 100 valence electrons. The van der Waals surface area contributed by atoms with E-state index in [-0.39, 0.29) is 23.7 Å². The number of amides is 1. The van der Waals surface area contributed by atoms with Crippen molar-refractivity contribution in [2.24, 2.45) is 0 Å². The second kappa shape index (κ2) is 5.27. The molecule has 2 aromatic rings. The maximum absolute atomic E-state index is 12.2. The summed E-state index contributed by atoms with van der Waals surface area (Å²) >= 11 is 5.84. The Kier molecular flexibility index (Phi) is 3.71. The van der Waals surface area contributed by atoms with Gasteiger partial charge < -0.3 is 10.6 Å². The molecule has 1 unspecified atom stereocenters. The lowest BCUT2D eigenvalue weighted by atomic mass is 10.1. The summed E-state index contributed by atoms with van der Waals surface area (Å²) in [5, 5.41) is 6.80. The molecule has 6 nitrogen and oxygen atoms in total. The predicted molar refractivity (Wildman–Crippen MR) is 72.8 cm³/mol. The Labute approximate surface area is 115 Å². The van der Waals surface area contributed by atoms with Crippen LogP contribution in [0.4, 0.5) is 5.95 Å². The van der Waals surface area contributed by atoms with E-state index in [9.17, 15) is 4.79 Å². The van der Waals surface area contributed by atoms with Crippen LogP contribution >= 0.6 is 11.6 Å². The largest absolute Gasteiger partial charge is 0.366 e. The Hall–Kier alpha value is -2.08. The van der Waals surface area contributed by atoms with Gasteiger partial charge >= 0.3 is 0 Å². The molecule has 1 heterocycles. The van der Waals surface area contributed by atoms with Crippen molar-refractivity contribution < 1.29 is 4.79 Å². The molecule has 1 atom stereocenters. The summed E-state index contributed by atoms with van der Waals surface area (Å²) in [5.41, 5.74) is 6.36. The molecule has 0 aliphatic heterocycles. The fraction of sp³-hybridized carbons (Fsp3) is 0.250. The van der Waals surface area contributed by atoms with Crippen LogP contribution in [0.15, 0.2) is 24.3 Å². The zero-order valence-corrected chi connectivity index (χ0v) is 11.3. The van der Waals surface area contributed by atoms with Gasteiger partial charge in [0, 0.05) is 12.1 Å². The minimum atomic E-state index is -0.272. The maximum Gasteiger partial charge on any atom is 0.291 e. The zero-order valence-electron chi connectivity index (χ0n) is 10.6. The summed E-state index contributed by atoms with van der Waals surface area (Å²) in [5.74, 6) is -0.0941. The van der Waals surface area contributed by atoms with E-state index >= 15 is 0 Å². The third-order valence-electron chi connectivity index (χ3n) is 2.96. The highest BCUT2D eigenvalue weighted by molar-refractivity contribution is 6.30. The Bertz CT molecular complexity index is 580. The molecular weight excluding hydrogens is 266 g/mol. The van der Waals surface area contributed by atoms with E-state index in [0.717, 1.165) is 5.56 Å². The highest BCUT2D eigenvalue weighted by Crippen LogP contribution is 2.21. The normalized spacial score (nSPS) is 12.2. The zero-order chi connectivity index (χ0) is 14.0. The van der Waals surface area contributed by atoms with Crippen LogP contribution in [0.3, 0.4) is 0 Å². The fourth-order valence-corrected chi connectivity index (χ4v) is 1.80. The van der Waals surface area contributed by atoms with Gasteiger partial charge in [-0.05, 0) is 24.6 Å². The van der Waals surface area contributed by atoms with Gasteiger partial charge in [-0.3, -0.25) is 9.89 Å². The molecule has 0 bridgehead atoms. The Balaban J connectivity index is 2.16. The molecule has 0 radical (unpaired) electrons. The molecule has 0 aliphatic rings. The summed E-state index contributed by atoms with van der Waals surface area (Å²) in [6.07, 6.45) is 0. The van der Waals surface area contributed by atoms with Gasteiger partial charge in [-0.15, -0.1) is 5.10 Å². The molecule has 0 aliphatic carbocycles. The molecule has 19 heavy (non-hydrogen) atoms. The SMILES string of the molecule is CC(c1ccc(Cl)cc1)N(C)C(=O)c1nc(N)n[nH]1. The second-order valence-electron chi connectivity index (χ2n) is 4.19. The number of benzene rings is 1. The van der Waals surface area contributed by atoms with Crippen LogP contribution < -0.4 is 5.73 Å². The summed E-state index contributed by atoms with van der Waals surface area (Å²) in [6.45, 7) is 1.92. The average Bonchev–Trinajstić information content (AvgIpc) is 2.84. The van der Waals surface area contributed by atoms with E-state index in [0.29, 0.717) is 5.02 Å². The number of carbonyl (C=O) groups excluding carboxylic acids is 1. The predicted octanol–water partition coefficient (Wildman–Crippen LogP) is 1.87. The Morgan fingerprint density at radius 3 is 2.58 bits per heavy atom. The van der Waals surface area contributed by atoms with E-state index in [1.807, 2.05) is 19.1 Å². The molecule has 2 rings (SSSR count). The van der Waals surface area contributed by atoms with Gasteiger partial charge in [-0.2, -0.15) is 4.98 Å². The number of carbonyl (C=O) groups is 1. The van der Waals surface area contributed by atoms with Crippen LogP contribution in [0.25, 0.3) is 0 Å². The molecule has 1 amide bonds. The molecule has 1 aromatic carbocycles. The van der Waals surface area contributed by atoms with E-state index in [1.54, 1.807) is 24.1 Å². The highest BCUT2D eigenvalue weighted by atomic mass is 35.5. The number of aromatic amines is 1. The van der Waals surface area contributed by atoms with E-state index in [1.165, 1.54) is 0 Å². The first-order valence-corrected chi connectivity index (χ1v) is 6.07. The first-order chi connectivity index (χ1) is 8.99. The smallest absolute Gasteiger partial charge is 0.291 e. The number of nitrogens with one attached hydrogen (secondary N) is 1. The second-order valence-corrected chi connectivity index (χ2v) is 4.62. The third-order valence-corrected chi connectivity index (χ3v) is 3.21. The first-order valence-electron chi connectivity index (χ1n) is 5.69. The number of nitrogens with zero attached hydrogens (tertiary/aromatic N) is 3. The van der Waals surface area contributed by atoms with Crippen LogP contribution in [-0.4, -0.2) is 33.0 Å². The third kappa shape index (κ3) is 2.85. The number of hydrogen-bond acceptors (Lipinski definition) is 4. The molecule has 0 fully saturated rings. The van der Waals surface area contributed by atoms with Gasteiger partial charge in [-0.1, -0.05) is 23.7 Å². The van der Waals surface area contributed by atoms with Crippen molar-refractivity contribution in [3.05, 3.63) is 40.7 Å². The first kappa shape index (κ1) is 13.4. The van der Waals surface area contributed by atoms with E-state index in [2.05, 4.69) is 15.2 Å². The maximum atomic E-state index is 12.2. The summed E-state index contributed by atoms with van der Waals surface area (Å²) in [7, 11) is 1.69. The van der Waals surface area contributed by atoms with Gasteiger partial charge in [-0.25, -0.2) is 0 Å². The number of nitrogen functional groups attached to an aromatic ring is 1. The molecule has 7 heteroatoms. The molecule has 0 saturated heterocycles. The van der Waals surface area contributed by atoms with E-state index < -0.39 is 0 Å². The summed E-state index contributed by atoms with van der Waals surface area (Å²) in [4.78, 5) is 17.5. The fourth-order valence-electron chi connectivity index (χ4n) is 1.68. The lowest BCUT2D eigenvalue weighted by Gasteiger charge is -2.24. The van der Waals surface area contributed by atoms with Crippen LogP contribution in [0.5, 0.6) is 0 Å². The monoisotopic (exact) mass is 279 g/mol. The van der Waals surface area contributed by atoms with Crippen molar-refractivity contribution in [3.8, 4) is 0 Å². The Morgan fingerprint density at radius 1 is 1.42 bits per heavy atom. The molecule has 0 saturated carbocycles. The van der Waals surface area contributed by atoms with Crippen molar-refractivity contribution in [1.29, 1.82) is 0 Å². The van der Waals surface area contributed by atoms with Crippen LogP contribution in [0.2, 0.25) is 5.02 Å². The van der Waals surface area contributed by atoms with Crippen molar-refractivity contribution in [2.45, 2.75) is 13.0 Å². The molecular formula is C12H14ClN5O. The topological polar surface area (TPSA) is 87.9 Å². The van der Waals surface area contributed by atoms with Gasteiger partial charge in [0.1, 0.15) is 0 Å². The van der Waals surface area contributed by atoms with Crippen molar-refractivity contribution in [2.75, 3.05) is 12.8 Å². The Morgan fingerprint density at radius 2 is 2.05 bits per heavy atom. The number of rotatable bonds is 3. The van der Waals surface area contributed by atoms with Crippen molar-refractivity contribution >= 4 is 23.5 Å². The number of aromatic nitrogens is 3. The number of nitrogens with two attached hydrogens (primary N) is 1. The van der Waals surface area contributed by atoms with Gasteiger partial charge in [0.2, 0.25) is 11.8 Å². The molecule has 1 aromatic heterocycles. The minimum Gasteiger partial charge on any atom is -0.366 e. The average molecular weight is 280 g/mol. The van der Waals surface area contributed by atoms with Crippen molar-refractivity contribution in [1.82, 2.24) is 20.1 Å². The van der Waals surface area contributed by atoms with E-state index in [4.69, 9.17) is 17.3 Å². The molecule has 3 N–H and O–H groups in total. The van der Waals surface area contributed by atoms with Crippen LogP contribution in [0, 0.1) is 0 Å². The lowest BCUT2D eigenvalue weighted by molar-refractivity contribution is 0.0731. The quantitative estimate of drug-likeness (QED) is 0.898. The summed E-state index contributed by atoms with van der Waals surface area (Å²) < 4.78 is 0. The lowest BCUT2D eigenvalue weighted by Crippen LogP contribution is -2.30. The number of H-pyrrole nitrogens is 1. The van der Waals surface area contributed by atoms with Gasteiger partial charge in [0.05, 0.1) is 6.04 Å². The highest BCUT2D eigenvalue weighted by Gasteiger charge is 2.21.